The molecule has 8 heteroatoms. The zero-order valence-electron chi connectivity index (χ0n) is 13.9. The van der Waals surface area contributed by atoms with Crippen LogP contribution < -0.4 is 15.9 Å². The third kappa shape index (κ3) is 5.00. The van der Waals surface area contributed by atoms with Crippen LogP contribution in [0.1, 0.15) is 16.8 Å². The standard InChI is InChI=1S/C18H16BrN5O2/c1-12-17(21-18(25)24-22-12)23-20-10-14-3-2-4-16(9-14)26-11-13-5-7-15(19)8-6-13/h2-10H,11H2,1H3,(H2,21,23,24,25)/b20-10+. The van der Waals surface area contributed by atoms with Crippen LogP contribution in [0.25, 0.3) is 0 Å². The van der Waals surface area contributed by atoms with Gasteiger partial charge in [-0.1, -0.05) is 40.2 Å². The Labute approximate surface area is 158 Å². The molecule has 0 spiro atoms. The normalized spacial score (nSPS) is 10.8. The zero-order valence-corrected chi connectivity index (χ0v) is 15.5. The predicted octanol–water partition coefficient (Wildman–Crippen LogP) is 3.26. The molecule has 0 unspecified atom stereocenters. The lowest BCUT2D eigenvalue weighted by atomic mass is 10.2. The van der Waals surface area contributed by atoms with Crippen molar-refractivity contribution in [3.63, 3.8) is 0 Å². The Morgan fingerprint density at radius 2 is 2.08 bits per heavy atom. The second-order valence-electron chi connectivity index (χ2n) is 5.43. The van der Waals surface area contributed by atoms with Crippen molar-refractivity contribution in [3.8, 4) is 5.75 Å². The number of hydrogen-bond donors (Lipinski definition) is 2. The lowest BCUT2D eigenvalue weighted by molar-refractivity contribution is 0.306. The molecule has 0 bridgehead atoms. The molecular formula is C18H16BrN5O2. The highest BCUT2D eigenvalue weighted by Crippen LogP contribution is 2.16. The number of rotatable bonds is 6. The minimum atomic E-state index is -0.531. The Kier molecular flexibility index (Phi) is 5.75. The summed E-state index contributed by atoms with van der Waals surface area (Å²) in [6.07, 6.45) is 1.62. The number of nitrogens with zero attached hydrogens (tertiary/aromatic N) is 3. The monoisotopic (exact) mass is 413 g/mol. The Hall–Kier alpha value is -3.00. The number of nitrogens with one attached hydrogen (secondary N) is 2. The van der Waals surface area contributed by atoms with Crippen LogP contribution in [0.15, 0.2) is 62.9 Å². The molecule has 0 fully saturated rings. The highest BCUT2D eigenvalue weighted by molar-refractivity contribution is 9.10. The number of halogens is 1. The minimum Gasteiger partial charge on any atom is -0.489 e. The maximum Gasteiger partial charge on any atom is 0.363 e. The maximum atomic E-state index is 11.2. The first-order valence-corrected chi connectivity index (χ1v) is 8.59. The molecule has 0 aliphatic carbocycles. The molecule has 0 amide bonds. The Morgan fingerprint density at radius 1 is 1.27 bits per heavy atom. The minimum absolute atomic E-state index is 0.313. The summed E-state index contributed by atoms with van der Waals surface area (Å²) in [6.45, 7) is 2.20. The van der Waals surface area contributed by atoms with Crippen LogP contribution in [0.4, 0.5) is 5.82 Å². The highest BCUT2D eigenvalue weighted by Gasteiger charge is 2.01. The molecule has 0 aliphatic heterocycles. The average molecular weight is 414 g/mol. The van der Waals surface area contributed by atoms with Gasteiger partial charge in [-0.05, 0) is 42.3 Å². The van der Waals surface area contributed by atoms with Crippen LogP contribution in [0, 0.1) is 6.92 Å². The van der Waals surface area contributed by atoms with Gasteiger partial charge in [0.15, 0.2) is 5.82 Å². The number of aromatic nitrogens is 3. The van der Waals surface area contributed by atoms with Crippen molar-refractivity contribution >= 4 is 28.0 Å². The smallest absolute Gasteiger partial charge is 0.363 e. The summed E-state index contributed by atoms with van der Waals surface area (Å²) in [5.41, 5.74) is 4.66. The number of aryl methyl sites for hydroxylation is 1. The molecule has 3 aromatic rings. The third-order valence-corrected chi connectivity index (χ3v) is 3.96. The van der Waals surface area contributed by atoms with Crippen LogP contribution in [-0.2, 0) is 6.61 Å². The Balaban J connectivity index is 1.62. The van der Waals surface area contributed by atoms with Gasteiger partial charge in [-0.15, -0.1) is 0 Å². The third-order valence-electron chi connectivity index (χ3n) is 3.44. The SMILES string of the molecule is Cc1n[nH]c(=O)nc1N/N=C/c1cccc(OCc2ccc(Br)cc2)c1. The van der Waals surface area contributed by atoms with E-state index >= 15 is 0 Å². The van der Waals surface area contributed by atoms with Crippen molar-refractivity contribution < 1.29 is 4.74 Å². The Bertz CT molecular complexity index is 970. The zero-order chi connectivity index (χ0) is 18.4. The molecule has 0 radical (unpaired) electrons. The summed E-state index contributed by atoms with van der Waals surface area (Å²) in [4.78, 5) is 15.0. The fraction of sp³-hybridized carbons (Fsp3) is 0.111. The van der Waals surface area contributed by atoms with Gasteiger partial charge >= 0.3 is 5.69 Å². The number of hydrazone groups is 1. The predicted molar refractivity (Wildman–Crippen MR) is 104 cm³/mol. The van der Waals surface area contributed by atoms with Gasteiger partial charge in [-0.3, -0.25) is 5.43 Å². The first kappa shape index (κ1) is 17.8. The average Bonchev–Trinajstić information content (AvgIpc) is 2.64. The molecule has 26 heavy (non-hydrogen) atoms. The van der Waals surface area contributed by atoms with Crippen LogP contribution in [0.2, 0.25) is 0 Å². The van der Waals surface area contributed by atoms with E-state index in [0.29, 0.717) is 18.1 Å². The molecule has 132 valence electrons. The van der Waals surface area contributed by atoms with E-state index in [1.54, 1.807) is 13.1 Å². The summed E-state index contributed by atoms with van der Waals surface area (Å²) in [7, 11) is 0. The summed E-state index contributed by atoms with van der Waals surface area (Å²) >= 11 is 3.41. The van der Waals surface area contributed by atoms with Gasteiger partial charge in [-0.25, -0.2) is 9.89 Å². The summed E-state index contributed by atoms with van der Waals surface area (Å²) in [5.74, 6) is 1.05. The molecule has 3 rings (SSSR count). The molecule has 0 atom stereocenters. The molecule has 2 aromatic carbocycles. The molecule has 2 N–H and O–H groups in total. The van der Waals surface area contributed by atoms with Gasteiger partial charge in [0, 0.05) is 4.47 Å². The molecular weight excluding hydrogens is 398 g/mol. The van der Waals surface area contributed by atoms with Gasteiger partial charge < -0.3 is 4.74 Å². The Morgan fingerprint density at radius 3 is 2.88 bits per heavy atom. The van der Waals surface area contributed by atoms with Crippen molar-refractivity contribution in [2.45, 2.75) is 13.5 Å². The highest BCUT2D eigenvalue weighted by atomic mass is 79.9. The van der Waals surface area contributed by atoms with E-state index in [0.717, 1.165) is 21.3 Å². The first-order valence-electron chi connectivity index (χ1n) is 7.80. The van der Waals surface area contributed by atoms with Crippen molar-refractivity contribution in [2.75, 3.05) is 5.43 Å². The molecule has 0 saturated heterocycles. The van der Waals surface area contributed by atoms with E-state index in [-0.39, 0.29) is 0 Å². The molecule has 0 saturated carbocycles. The van der Waals surface area contributed by atoms with Crippen molar-refractivity contribution in [3.05, 3.63) is 80.3 Å². The van der Waals surface area contributed by atoms with Gasteiger partial charge in [0.1, 0.15) is 18.1 Å². The largest absolute Gasteiger partial charge is 0.489 e. The van der Waals surface area contributed by atoms with Crippen molar-refractivity contribution in [1.82, 2.24) is 15.2 Å². The van der Waals surface area contributed by atoms with Gasteiger partial charge in [-0.2, -0.15) is 15.2 Å². The van der Waals surface area contributed by atoms with E-state index < -0.39 is 5.69 Å². The van der Waals surface area contributed by atoms with Crippen LogP contribution >= 0.6 is 15.9 Å². The van der Waals surface area contributed by atoms with Crippen LogP contribution in [-0.4, -0.2) is 21.4 Å². The quantitative estimate of drug-likeness (QED) is 0.477. The van der Waals surface area contributed by atoms with Gasteiger partial charge in [0.2, 0.25) is 0 Å². The lowest BCUT2D eigenvalue weighted by Gasteiger charge is -2.07. The van der Waals surface area contributed by atoms with E-state index in [1.165, 1.54) is 0 Å². The maximum absolute atomic E-state index is 11.2. The van der Waals surface area contributed by atoms with E-state index in [4.69, 9.17) is 4.74 Å². The number of benzene rings is 2. The summed E-state index contributed by atoms with van der Waals surface area (Å²) in [5, 5.41) is 10.2. The number of hydrogen-bond acceptors (Lipinski definition) is 6. The van der Waals surface area contributed by atoms with Crippen LogP contribution in [0.5, 0.6) is 5.75 Å². The first-order chi connectivity index (χ1) is 12.6. The molecule has 1 aromatic heterocycles. The van der Waals surface area contributed by atoms with Gasteiger partial charge in [0.25, 0.3) is 0 Å². The fourth-order valence-corrected chi connectivity index (χ4v) is 2.36. The fourth-order valence-electron chi connectivity index (χ4n) is 2.10. The number of aromatic amines is 1. The number of ether oxygens (including phenoxy) is 1. The van der Waals surface area contributed by atoms with E-state index in [2.05, 4.69) is 41.6 Å². The van der Waals surface area contributed by atoms with E-state index in [1.807, 2.05) is 48.5 Å². The molecule has 1 heterocycles. The van der Waals surface area contributed by atoms with Crippen molar-refractivity contribution in [2.24, 2.45) is 5.10 Å². The second kappa shape index (κ2) is 8.39. The summed E-state index contributed by atoms with van der Waals surface area (Å²) < 4.78 is 6.84. The van der Waals surface area contributed by atoms with Crippen LogP contribution in [0.3, 0.4) is 0 Å². The molecule has 0 aliphatic rings. The topological polar surface area (TPSA) is 92.3 Å². The molecule has 7 nitrogen and oxygen atoms in total. The number of anilines is 1. The lowest BCUT2D eigenvalue weighted by Crippen LogP contribution is -2.15. The number of H-pyrrole nitrogens is 1. The van der Waals surface area contributed by atoms with Crippen molar-refractivity contribution in [1.29, 1.82) is 0 Å². The van der Waals surface area contributed by atoms with E-state index in [9.17, 15) is 4.79 Å². The second-order valence-corrected chi connectivity index (χ2v) is 6.35. The summed E-state index contributed by atoms with van der Waals surface area (Å²) in [6, 6.07) is 15.5. The van der Waals surface area contributed by atoms with Gasteiger partial charge in [0.05, 0.1) is 6.21 Å².